The number of carbonyl (C=O) groups excluding carboxylic acids is 1. The van der Waals surface area contributed by atoms with Crippen LogP contribution in [0.4, 0.5) is 0 Å². The molecule has 5 nitrogen and oxygen atoms in total. The van der Waals surface area contributed by atoms with Crippen LogP contribution in [0.3, 0.4) is 0 Å². The molecule has 1 fully saturated rings. The molecule has 1 aliphatic heterocycles. The molecule has 140 valence electrons. The minimum Gasteiger partial charge on any atom is -0.340 e. The first-order chi connectivity index (χ1) is 12.4. The van der Waals surface area contributed by atoms with Gasteiger partial charge in [-0.15, -0.1) is 0 Å². The van der Waals surface area contributed by atoms with Crippen molar-refractivity contribution in [2.24, 2.45) is 13.0 Å². The molecule has 1 aromatic carbocycles. The number of halogens is 1. The number of carbonyl (C=O) groups is 1. The van der Waals surface area contributed by atoms with E-state index >= 15 is 0 Å². The summed E-state index contributed by atoms with van der Waals surface area (Å²) >= 11 is 5.95. The SMILES string of the molecule is Cc1cc(C(=O)N(C)CC2CCN(Cc3ccc(Cl)cc3)CC2)nn1C. The van der Waals surface area contributed by atoms with Crippen LogP contribution < -0.4 is 0 Å². The predicted octanol–water partition coefficient (Wildman–Crippen LogP) is 3.37. The molecule has 0 saturated carbocycles. The fraction of sp³-hybridized carbons (Fsp3) is 0.500. The zero-order valence-corrected chi connectivity index (χ0v) is 16.5. The molecule has 26 heavy (non-hydrogen) atoms. The molecule has 0 aliphatic carbocycles. The Morgan fingerprint density at radius 1 is 1.27 bits per heavy atom. The third-order valence-electron chi connectivity index (χ3n) is 5.24. The zero-order valence-electron chi connectivity index (χ0n) is 15.8. The van der Waals surface area contributed by atoms with Crippen molar-refractivity contribution in [2.45, 2.75) is 26.3 Å². The number of piperidine rings is 1. The van der Waals surface area contributed by atoms with Gasteiger partial charge < -0.3 is 4.90 Å². The third kappa shape index (κ3) is 4.65. The average molecular weight is 375 g/mol. The largest absolute Gasteiger partial charge is 0.340 e. The van der Waals surface area contributed by atoms with Gasteiger partial charge in [-0.25, -0.2) is 0 Å². The fourth-order valence-corrected chi connectivity index (χ4v) is 3.63. The van der Waals surface area contributed by atoms with E-state index in [1.807, 2.05) is 44.1 Å². The summed E-state index contributed by atoms with van der Waals surface area (Å²) in [5.74, 6) is 0.563. The minimum atomic E-state index is 0.0114. The van der Waals surface area contributed by atoms with Crippen molar-refractivity contribution in [3.05, 3.63) is 52.3 Å². The molecule has 2 heterocycles. The summed E-state index contributed by atoms with van der Waals surface area (Å²) in [7, 11) is 3.74. The van der Waals surface area contributed by atoms with Gasteiger partial charge in [0.1, 0.15) is 0 Å². The summed E-state index contributed by atoms with van der Waals surface area (Å²) in [6.45, 7) is 5.85. The van der Waals surface area contributed by atoms with E-state index in [1.165, 1.54) is 5.56 Å². The van der Waals surface area contributed by atoms with Gasteiger partial charge in [0.25, 0.3) is 5.91 Å². The molecule has 0 bridgehead atoms. The standard InChI is InChI=1S/C20H27ClN4O/c1-15-12-19(22-24(15)3)20(26)23(2)13-17-8-10-25(11-9-17)14-16-4-6-18(21)7-5-16/h4-7,12,17H,8-11,13-14H2,1-3H3. The highest BCUT2D eigenvalue weighted by Gasteiger charge is 2.23. The van der Waals surface area contributed by atoms with Crippen molar-refractivity contribution < 1.29 is 4.79 Å². The van der Waals surface area contributed by atoms with Gasteiger partial charge in [0, 0.05) is 37.9 Å². The number of rotatable bonds is 5. The van der Waals surface area contributed by atoms with Gasteiger partial charge in [-0.3, -0.25) is 14.4 Å². The van der Waals surface area contributed by atoms with Crippen molar-refractivity contribution in [3.8, 4) is 0 Å². The highest BCUT2D eigenvalue weighted by Crippen LogP contribution is 2.21. The highest BCUT2D eigenvalue weighted by atomic mass is 35.5. The van der Waals surface area contributed by atoms with Gasteiger partial charge >= 0.3 is 0 Å². The number of nitrogens with zero attached hydrogens (tertiary/aromatic N) is 4. The maximum Gasteiger partial charge on any atom is 0.274 e. The van der Waals surface area contributed by atoms with Crippen molar-refractivity contribution in [2.75, 3.05) is 26.7 Å². The van der Waals surface area contributed by atoms with Crippen LogP contribution in [0.2, 0.25) is 5.02 Å². The van der Waals surface area contributed by atoms with Gasteiger partial charge in [-0.1, -0.05) is 23.7 Å². The number of hydrogen-bond donors (Lipinski definition) is 0. The quantitative estimate of drug-likeness (QED) is 0.805. The van der Waals surface area contributed by atoms with Gasteiger partial charge in [0.15, 0.2) is 5.69 Å². The second-order valence-electron chi connectivity index (χ2n) is 7.33. The van der Waals surface area contributed by atoms with E-state index in [-0.39, 0.29) is 5.91 Å². The minimum absolute atomic E-state index is 0.0114. The van der Waals surface area contributed by atoms with Crippen LogP contribution in [-0.2, 0) is 13.6 Å². The number of aryl methyl sites for hydroxylation is 2. The Morgan fingerprint density at radius 2 is 1.92 bits per heavy atom. The Labute approximate surface area is 160 Å². The molecule has 1 saturated heterocycles. The molecule has 1 aliphatic rings. The number of benzene rings is 1. The van der Waals surface area contributed by atoms with E-state index in [4.69, 9.17) is 11.6 Å². The Hall–Kier alpha value is -1.85. The molecule has 0 spiro atoms. The predicted molar refractivity (Wildman–Crippen MR) is 104 cm³/mol. The molecular weight excluding hydrogens is 348 g/mol. The number of amides is 1. The summed E-state index contributed by atoms with van der Waals surface area (Å²) in [4.78, 5) is 16.8. The van der Waals surface area contributed by atoms with Gasteiger partial charge in [0.2, 0.25) is 0 Å². The number of hydrogen-bond acceptors (Lipinski definition) is 3. The smallest absolute Gasteiger partial charge is 0.274 e. The lowest BCUT2D eigenvalue weighted by atomic mass is 9.96. The molecule has 0 unspecified atom stereocenters. The molecule has 1 aromatic heterocycles. The molecular formula is C20H27ClN4O. The summed E-state index contributed by atoms with van der Waals surface area (Å²) in [5.41, 5.74) is 2.83. The van der Waals surface area contributed by atoms with Gasteiger partial charge in [-0.05, 0) is 62.5 Å². The average Bonchev–Trinajstić information content (AvgIpc) is 2.97. The van der Waals surface area contributed by atoms with Gasteiger partial charge in [-0.2, -0.15) is 5.10 Å². The Bertz CT molecular complexity index is 728. The highest BCUT2D eigenvalue weighted by molar-refractivity contribution is 6.30. The van der Waals surface area contributed by atoms with Crippen LogP contribution in [0.15, 0.2) is 30.3 Å². The molecule has 0 atom stereocenters. The lowest BCUT2D eigenvalue weighted by molar-refractivity contribution is 0.0731. The maximum absolute atomic E-state index is 12.5. The Morgan fingerprint density at radius 3 is 2.50 bits per heavy atom. The molecule has 0 N–H and O–H groups in total. The summed E-state index contributed by atoms with van der Waals surface area (Å²) in [6, 6.07) is 9.94. The Kier molecular flexibility index (Phi) is 5.99. The fourth-order valence-electron chi connectivity index (χ4n) is 3.51. The molecule has 1 amide bonds. The van der Waals surface area contributed by atoms with Crippen LogP contribution in [0.25, 0.3) is 0 Å². The first kappa shape index (κ1) is 18.9. The Balaban J connectivity index is 1.47. The van der Waals surface area contributed by atoms with E-state index in [0.29, 0.717) is 11.6 Å². The summed E-state index contributed by atoms with van der Waals surface area (Å²) < 4.78 is 1.75. The van der Waals surface area contributed by atoms with Crippen LogP contribution in [0, 0.1) is 12.8 Å². The second-order valence-corrected chi connectivity index (χ2v) is 7.76. The molecule has 6 heteroatoms. The number of likely N-dealkylation sites (tertiary alicyclic amines) is 1. The van der Waals surface area contributed by atoms with E-state index in [0.717, 1.165) is 49.7 Å². The van der Waals surface area contributed by atoms with Crippen molar-refractivity contribution >= 4 is 17.5 Å². The first-order valence-corrected chi connectivity index (χ1v) is 9.53. The summed E-state index contributed by atoms with van der Waals surface area (Å²) in [6.07, 6.45) is 2.24. The maximum atomic E-state index is 12.5. The van der Waals surface area contributed by atoms with Crippen LogP contribution in [0.1, 0.15) is 34.6 Å². The zero-order chi connectivity index (χ0) is 18.7. The number of aromatic nitrogens is 2. The third-order valence-corrected chi connectivity index (χ3v) is 5.49. The second kappa shape index (κ2) is 8.23. The molecule has 0 radical (unpaired) electrons. The van der Waals surface area contributed by atoms with E-state index in [9.17, 15) is 4.79 Å². The van der Waals surface area contributed by atoms with Crippen molar-refractivity contribution in [1.82, 2.24) is 19.6 Å². The topological polar surface area (TPSA) is 41.4 Å². The summed E-state index contributed by atoms with van der Waals surface area (Å²) in [5, 5.41) is 5.08. The lowest BCUT2D eigenvalue weighted by Crippen LogP contribution is -2.39. The van der Waals surface area contributed by atoms with E-state index in [1.54, 1.807) is 4.68 Å². The van der Waals surface area contributed by atoms with Crippen LogP contribution in [0.5, 0.6) is 0 Å². The lowest BCUT2D eigenvalue weighted by Gasteiger charge is -2.33. The van der Waals surface area contributed by atoms with Gasteiger partial charge in [0.05, 0.1) is 0 Å². The van der Waals surface area contributed by atoms with E-state index < -0.39 is 0 Å². The van der Waals surface area contributed by atoms with Crippen molar-refractivity contribution in [1.29, 1.82) is 0 Å². The first-order valence-electron chi connectivity index (χ1n) is 9.15. The van der Waals surface area contributed by atoms with Crippen LogP contribution in [-0.4, -0.2) is 52.2 Å². The normalized spacial score (nSPS) is 16.0. The van der Waals surface area contributed by atoms with E-state index in [2.05, 4.69) is 22.1 Å². The van der Waals surface area contributed by atoms with Crippen LogP contribution >= 0.6 is 11.6 Å². The van der Waals surface area contributed by atoms with Crippen molar-refractivity contribution in [3.63, 3.8) is 0 Å². The monoisotopic (exact) mass is 374 g/mol. The molecule has 3 rings (SSSR count). The molecule has 2 aromatic rings.